The minimum absolute atomic E-state index is 1.25. The summed E-state index contributed by atoms with van der Waals surface area (Å²) in [5.41, 5.74) is 0. The van der Waals surface area contributed by atoms with Crippen LogP contribution in [0, 0.1) is 0 Å². The van der Waals surface area contributed by atoms with Gasteiger partial charge in [0.25, 0.3) is 0 Å². The molecule has 0 amide bonds. The molecule has 0 bridgehead atoms. The Balaban J connectivity index is -0.00000000981. The van der Waals surface area contributed by atoms with Crippen molar-refractivity contribution in [2.24, 2.45) is 0 Å². The zero-order valence-electron chi connectivity index (χ0n) is 19.0. The van der Waals surface area contributed by atoms with Crippen molar-refractivity contribution in [3.63, 3.8) is 0 Å². The molecule has 0 nitrogen and oxygen atoms in total. The Hall–Kier alpha value is -0.260. The molecule has 0 aromatic heterocycles. The molecule has 0 rings (SSSR count). The van der Waals surface area contributed by atoms with Crippen LogP contribution in [0.25, 0.3) is 0 Å². The lowest BCUT2D eigenvalue weighted by Gasteiger charge is -1.48. The first-order valence-electron chi connectivity index (χ1n) is 9.40. The van der Waals surface area contributed by atoms with Crippen molar-refractivity contribution < 1.29 is 0 Å². The molecule has 0 saturated carbocycles. The van der Waals surface area contributed by atoms with Crippen LogP contribution in [0.4, 0.5) is 0 Å². The molecule has 0 saturated heterocycles. The van der Waals surface area contributed by atoms with Gasteiger partial charge in [0.05, 0.1) is 0 Å². The van der Waals surface area contributed by atoms with Gasteiger partial charge in [0, 0.05) is 0 Å². The monoisotopic (exact) mass is 296 g/mol. The number of allylic oxidation sites excluding steroid dienone is 1. The quantitative estimate of drug-likeness (QED) is 0.390. The molecule has 0 heteroatoms. The van der Waals surface area contributed by atoms with Crippen LogP contribution < -0.4 is 0 Å². The maximum absolute atomic E-state index is 3.36. The fourth-order valence-corrected chi connectivity index (χ4v) is 0. The minimum atomic E-state index is 1.25. The average molecular weight is 297 g/mol. The maximum atomic E-state index is 3.36. The summed E-state index contributed by atoms with van der Waals surface area (Å²) in [7, 11) is 0. The van der Waals surface area contributed by atoms with E-state index in [9.17, 15) is 0 Å². The van der Waals surface area contributed by atoms with Crippen molar-refractivity contribution in [2.45, 2.75) is 124 Å². The van der Waals surface area contributed by atoms with E-state index in [1.165, 1.54) is 6.42 Å². The largest absolute Gasteiger partial charge is 0.103 e. The molecule has 0 aliphatic heterocycles. The Morgan fingerprint density at radius 2 is 0.500 bits per heavy atom. The van der Waals surface area contributed by atoms with Gasteiger partial charge in [-0.2, -0.15) is 0 Å². The molecule has 0 aliphatic rings. The Morgan fingerprint density at radius 1 is 0.500 bits per heavy atom. The summed E-state index contributed by atoms with van der Waals surface area (Å²) < 4.78 is 0. The standard InChI is InChI=1S/C3H8.C3H6.7C2H6/c2*1-3-2;7*1-2/h3H2,1-2H3;3H,1H2,2H3;7*1-2H3. The third kappa shape index (κ3) is 73500. The van der Waals surface area contributed by atoms with Gasteiger partial charge in [-0.05, 0) is 6.92 Å². The highest BCUT2D eigenvalue weighted by atomic mass is 13.4. The van der Waals surface area contributed by atoms with Crippen LogP contribution in [0.3, 0.4) is 0 Å². The second kappa shape index (κ2) is 1950. The van der Waals surface area contributed by atoms with E-state index in [-0.39, 0.29) is 0 Å². The SMILES string of the molecule is C=CC.CC.CC.CC.CC.CC.CC.CC.CCC. The molecule has 0 heterocycles. The van der Waals surface area contributed by atoms with Gasteiger partial charge in [0.2, 0.25) is 0 Å². The summed E-state index contributed by atoms with van der Waals surface area (Å²) in [6.45, 7) is 37.5. The second-order valence-electron chi connectivity index (χ2n) is 1.12. The lowest BCUT2D eigenvalue weighted by molar-refractivity contribution is 1.09. The van der Waals surface area contributed by atoms with Crippen LogP contribution in [-0.2, 0) is 0 Å². The molecule has 0 unspecified atom stereocenters. The zero-order valence-corrected chi connectivity index (χ0v) is 19.0. The fraction of sp³-hybridized carbons (Fsp3) is 0.900. The molecule has 136 valence electrons. The first-order chi connectivity index (χ1) is 9.83. The third-order valence-electron chi connectivity index (χ3n) is 0. The lowest BCUT2D eigenvalue weighted by Crippen LogP contribution is -1.27. The van der Waals surface area contributed by atoms with E-state index in [1.54, 1.807) is 6.08 Å². The second-order valence-corrected chi connectivity index (χ2v) is 1.12. The van der Waals surface area contributed by atoms with Crippen molar-refractivity contribution in [1.29, 1.82) is 0 Å². The van der Waals surface area contributed by atoms with Gasteiger partial charge < -0.3 is 0 Å². The smallest absolute Gasteiger partial charge is 0.0473 e. The van der Waals surface area contributed by atoms with Gasteiger partial charge in [0.15, 0.2) is 0 Å². The summed E-state index contributed by atoms with van der Waals surface area (Å²) >= 11 is 0. The summed E-state index contributed by atoms with van der Waals surface area (Å²) in [4.78, 5) is 0. The summed E-state index contributed by atoms with van der Waals surface area (Å²) in [6.07, 6.45) is 3.00. The Bertz CT molecular complexity index is 14.0. The van der Waals surface area contributed by atoms with Crippen LogP contribution in [0.2, 0.25) is 0 Å². The summed E-state index contributed by atoms with van der Waals surface area (Å²) in [6, 6.07) is 0. The molecule has 0 aliphatic carbocycles. The minimum Gasteiger partial charge on any atom is -0.103 e. The van der Waals surface area contributed by atoms with Crippen LogP contribution in [0.1, 0.15) is 124 Å². The molecular formula is C20H56. The fourth-order valence-electron chi connectivity index (χ4n) is 0. The van der Waals surface area contributed by atoms with Crippen molar-refractivity contribution in [3.8, 4) is 0 Å². The Labute approximate surface area is 137 Å². The molecule has 20 heavy (non-hydrogen) atoms. The first kappa shape index (κ1) is 60.1. The first-order valence-corrected chi connectivity index (χ1v) is 9.40. The molecule has 0 atom stereocenters. The number of hydrogen-bond donors (Lipinski definition) is 0. The highest BCUT2D eigenvalue weighted by Gasteiger charge is 1.35. The van der Waals surface area contributed by atoms with Gasteiger partial charge >= 0.3 is 0 Å². The van der Waals surface area contributed by atoms with Crippen molar-refractivity contribution in [1.82, 2.24) is 0 Å². The normalized spacial score (nSPS) is 3.65. The molecule has 0 aromatic carbocycles. The zero-order chi connectivity index (χ0) is 19.4. The van der Waals surface area contributed by atoms with Gasteiger partial charge in [0.1, 0.15) is 0 Å². The molecular weight excluding hydrogens is 240 g/mol. The van der Waals surface area contributed by atoms with Gasteiger partial charge in [-0.25, -0.2) is 0 Å². The molecule has 0 spiro atoms. The van der Waals surface area contributed by atoms with Gasteiger partial charge in [-0.3, -0.25) is 0 Å². The predicted octanol–water partition coefficient (Wildman–Crippen LogP) is 9.79. The van der Waals surface area contributed by atoms with E-state index in [0.717, 1.165) is 0 Å². The predicted molar refractivity (Wildman–Crippen MR) is 111 cm³/mol. The molecule has 0 N–H and O–H groups in total. The topological polar surface area (TPSA) is 0 Å². The highest BCUT2D eigenvalue weighted by molar-refractivity contribution is 4.51. The molecule has 0 fully saturated rings. The maximum Gasteiger partial charge on any atom is -0.0473 e. The summed E-state index contributed by atoms with van der Waals surface area (Å²) in [5, 5.41) is 0. The molecule has 0 radical (unpaired) electrons. The van der Waals surface area contributed by atoms with Crippen LogP contribution in [0.15, 0.2) is 12.7 Å². The van der Waals surface area contributed by atoms with E-state index < -0.39 is 0 Å². The van der Waals surface area contributed by atoms with Crippen LogP contribution >= 0.6 is 0 Å². The number of hydrogen-bond acceptors (Lipinski definition) is 0. The summed E-state index contributed by atoms with van der Waals surface area (Å²) in [5.74, 6) is 0. The number of rotatable bonds is 0. The van der Waals surface area contributed by atoms with E-state index in [1.807, 2.05) is 104 Å². The average Bonchev–Trinajstić information content (AvgIpc) is 2.61. The van der Waals surface area contributed by atoms with Gasteiger partial charge in [-0.15, -0.1) is 6.58 Å². The van der Waals surface area contributed by atoms with Gasteiger partial charge in [-0.1, -0.05) is 123 Å². The lowest BCUT2D eigenvalue weighted by atomic mass is 10.6. The van der Waals surface area contributed by atoms with Crippen LogP contribution in [0.5, 0.6) is 0 Å². The Morgan fingerprint density at radius 3 is 0.500 bits per heavy atom. The highest BCUT2D eigenvalue weighted by Crippen LogP contribution is 1.56. The van der Waals surface area contributed by atoms with Crippen molar-refractivity contribution >= 4 is 0 Å². The van der Waals surface area contributed by atoms with Crippen molar-refractivity contribution in [3.05, 3.63) is 12.7 Å². The van der Waals surface area contributed by atoms with Crippen molar-refractivity contribution in [2.75, 3.05) is 0 Å². The van der Waals surface area contributed by atoms with E-state index in [4.69, 9.17) is 0 Å². The van der Waals surface area contributed by atoms with E-state index >= 15 is 0 Å². The van der Waals surface area contributed by atoms with E-state index in [2.05, 4.69) is 20.4 Å². The third-order valence-corrected chi connectivity index (χ3v) is 0. The molecule has 0 aromatic rings. The Kier molecular flexibility index (Phi) is 5850. The van der Waals surface area contributed by atoms with E-state index in [0.29, 0.717) is 0 Å². The van der Waals surface area contributed by atoms with Crippen LogP contribution in [-0.4, -0.2) is 0 Å².